The van der Waals surface area contributed by atoms with Crippen LogP contribution >= 0.6 is 0 Å². The molecule has 0 bridgehead atoms. The first-order chi connectivity index (χ1) is 11.8. The Morgan fingerprint density at radius 2 is 2.04 bits per heavy atom. The van der Waals surface area contributed by atoms with E-state index in [-0.39, 0.29) is 12.5 Å². The Hall–Kier alpha value is -2.86. The van der Waals surface area contributed by atoms with Gasteiger partial charge in [-0.1, -0.05) is 18.2 Å². The molecule has 0 saturated carbocycles. The van der Waals surface area contributed by atoms with Gasteiger partial charge in [-0.05, 0) is 30.3 Å². The molecule has 0 unspecified atom stereocenters. The van der Waals surface area contributed by atoms with Crippen molar-refractivity contribution in [2.45, 2.75) is 13.2 Å². The Morgan fingerprint density at radius 1 is 1.17 bits per heavy atom. The van der Waals surface area contributed by atoms with E-state index < -0.39 is 0 Å². The molecule has 2 aromatic carbocycles. The van der Waals surface area contributed by atoms with Crippen LogP contribution in [-0.4, -0.2) is 28.6 Å². The molecule has 3 aromatic rings. The summed E-state index contributed by atoms with van der Waals surface area (Å²) in [6.45, 7) is 2.29. The summed E-state index contributed by atoms with van der Waals surface area (Å²) in [5, 5.41) is 6.00. The van der Waals surface area contributed by atoms with Crippen LogP contribution in [0.4, 0.5) is 11.4 Å². The number of rotatable bonds is 4. The largest absolute Gasteiger partial charge is 0.376 e. The Labute approximate surface area is 139 Å². The Balaban J connectivity index is 1.45. The van der Waals surface area contributed by atoms with E-state index in [0.29, 0.717) is 13.2 Å². The van der Waals surface area contributed by atoms with Gasteiger partial charge in [0.05, 0.1) is 24.2 Å². The van der Waals surface area contributed by atoms with Gasteiger partial charge < -0.3 is 19.9 Å². The third-order valence-corrected chi connectivity index (χ3v) is 4.03. The maximum absolute atomic E-state index is 12.1. The van der Waals surface area contributed by atoms with Gasteiger partial charge in [0.1, 0.15) is 12.4 Å². The molecule has 6 nitrogen and oxygen atoms in total. The zero-order chi connectivity index (χ0) is 16.4. The number of carbonyl (C=O) groups excluding carboxylic acids is 1. The molecule has 1 aliphatic heterocycles. The summed E-state index contributed by atoms with van der Waals surface area (Å²) in [6.07, 6.45) is 0. The third-order valence-electron chi connectivity index (χ3n) is 4.03. The molecule has 6 heteroatoms. The number of nitrogens with zero attached hydrogens (tertiary/aromatic N) is 2. The highest BCUT2D eigenvalue weighted by Gasteiger charge is 2.15. The second-order valence-electron chi connectivity index (χ2n) is 5.70. The Bertz CT molecular complexity index is 873. The van der Waals surface area contributed by atoms with Gasteiger partial charge in [-0.25, -0.2) is 4.98 Å². The van der Waals surface area contributed by atoms with Crippen LogP contribution in [0.5, 0.6) is 0 Å². The Kier molecular flexibility index (Phi) is 3.88. The van der Waals surface area contributed by atoms with Gasteiger partial charge in [-0.15, -0.1) is 0 Å². The van der Waals surface area contributed by atoms with E-state index in [1.165, 1.54) is 0 Å². The predicted octanol–water partition coefficient (Wildman–Crippen LogP) is 2.62. The molecule has 122 valence electrons. The van der Waals surface area contributed by atoms with Crippen LogP contribution in [0.2, 0.25) is 0 Å². The lowest BCUT2D eigenvalue weighted by Gasteiger charge is -2.14. The standard InChI is InChI=1S/C18H18N4O2/c23-18(11-19-13-4-2-1-3-5-13)20-14-6-7-16-15(10-14)21-17-12-24-9-8-22(16)17/h1-7,10,19H,8-9,11-12H2,(H,20,23). The smallest absolute Gasteiger partial charge is 0.243 e. The van der Waals surface area contributed by atoms with E-state index >= 15 is 0 Å². The van der Waals surface area contributed by atoms with E-state index in [2.05, 4.69) is 20.2 Å². The summed E-state index contributed by atoms with van der Waals surface area (Å²) in [6, 6.07) is 15.5. The second-order valence-corrected chi connectivity index (χ2v) is 5.70. The summed E-state index contributed by atoms with van der Waals surface area (Å²) >= 11 is 0. The summed E-state index contributed by atoms with van der Waals surface area (Å²) in [5.74, 6) is 0.843. The number of ether oxygens (including phenoxy) is 1. The molecule has 0 saturated heterocycles. The molecule has 1 amide bonds. The van der Waals surface area contributed by atoms with Gasteiger partial charge in [-0.2, -0.15) is 0 Å². The number of para-hydroxylation sites is 1. The normalized spacial score (nSPS) is 13.5. The number of hydrogen-bond acceptors (Lipinski definition) is 4. The minimum atomic E-state index is -0.0921. The van der Waals surface area contributed by atoms with Crippen molar-refractivity contribution in [3.8, 4) is 0 Å². The van der Waals surface area contributed by atoms with Crippen LogP contribution in [0.3, 0.4) is 0 Å². The monoisotopic (exact) mass is 322 g/mol. The predicted molar refractivity (Wildman–Crippen MR) is 93.0 cm³/mol. The van der Waals surface area contributed by atoms with E-state index in [4.69, 9.17) is 4.74 Å². The second kappa shape index (κ2) is 6.33. The number of aromatic nitrogens is 2. The minimum Gasteiger partial charge on any atom is -0.376 e. The van der Waals surface area contributed by atoms with Gasteiger partial charge >= 0.3 is 0 Å². The maximum Gasteiger partial charge on any atom is 0.243 e. The Morgan fingerprint density at radius 3 is 2.92 bits per heavy atom. The van der Waals surface area contributed by atoms with Crippen molar-refractivity contribution >= 4 is 28.3 Å². The number of anilines is 2. The molecule has 0 fully saturated rings. The number of nitrogens with one attached hydrogen (secondary N) is 2. The molecule has 1 aromatic heterocycles. The SMILES string of the molecule is O=C(CNc1ccccc1)Nc1ccc2c(c1)nc1n2CCOC1. The molecule has 0 spiro atoms. The molecule has 2 N–H and O–H groups in total. The minimum absolute atomic E-state index is 0.0921. The lowest BCUT2D eigenvalue weighted by molar-refractivity contribution is -0.114. The van der Waals surface area contributed by atoms with Crippen molar-refractivity contribution in [1.82, 2.24) is 9.55 Å². The topological polar surface area (TPSA) is 68.2 Å². The maximum atomic E-state index is 12.1. The molecule has 1 aliphatic rings. The first-order valence-corrected chi connectivity index (χ1v) is 7.95. The van der Waals surface area contributed by atoms with E-state index in [1.54, 1.807) is 0 Å². The number of carbonyl (C=O) groups is 1. The van der Waals surface area contributed by atoms with E-state index in [0.717, 1.165) is 34.8 Å². The fourth-order valence-corrected chi connectivity index (χ4v) is 2.88. The third kappa shape index (κ3) is 2.96. The highest BCUT2D eigenvalue weighted by atomic mass is 16.5. The fourth-order valence-electron chi connectivity index (χ4n) is 2.88. The highest BCUT2D eigenvalue weighted by molar-refractivity contribution is 5.95. The number of benzene rings is 2. The average Bonchev–Trinajstić information content (AvgIpc) is 2.98. The van der Waals surface area contributed by atoms with Gasteiger partial charge in [-0.3, -0.25) is 4.79 Å². The molecule has 0 aliphatic carbocycles. The molecular weight excluding hydrogens is 304 g/mol. The van der Waals surface area contributed by atoms with Gasteiger partial charge in [0.2, 0.25) is 5.91 Å². The summed E-state index contributed by atoms with van der Waals surface area (Å²) < 4.78 is 7.60. The van der Waals surface area contributed by atoms with Crippen molar-refractivity contribution < 1.29 is 9.53 Å². The van der Waals surface area contributed by atoms with Crippen molar-refractivity contribution in [2.75, 3.05) is 23.8 Å². The van der Waals surface area contributed by atoms with Crippen molar-refractivity contribution in [1.29, 1.82) is 0 Å². The molecular formula is C18H18N4O2. The van der Waals surface area contributed by atoms with Crippen LogP contribution in [0, 0.1) is 0 Å². The molecule has 2 heterocycles. The first kappa shape index (κ1) is 14.7. The highest BCUT2D eigenvalue weighted by Crippen LogP contribution is 2.22. The van der Waals surface area contributed by atoms with E-state index in [9.17, 15) is 4.79 Å². The molecule has 0 atom stereocenters. The zero-order valence-corrected chi connectivity index (χ0v) is 13.2. The van der Waals surface area contributed by atoms with Gasteiger partial charge in [0.25, 0.3) is 0 Å². The quantitative estimate of drug-likeness (QED) is 0.775. The van der Waals surface area contributed by atoms with Crippen LogP contribution in [-0.2, 0) is 22.7 Å². The number of fused-ring (bicyclic) bond motifs is 3. The molecule has 4 rings (SSSR count). The lowest BCUT2D eigenvalue weighted by atomic mass is 10.2. The number of imidazole rings is 1. The van der Waals surface area contributed by atoms with E-state index in [1.807, 2.05) is 48.5 Å². The lowest BCUT2D eigenvalue weighted by Crippen LogP contribution is -2.21. The van der Waals surface area contributed by atoms with Crippen LogP contribution in [0.15, 0.2) is 48.5 Å². The molecule has 0 radical (unpaired) electrons. The fraction of sp³-hybridized carbons (Fsp3) is 0.222. The average molecular weight is 322 g/mol. The van der Waals surface area contributed by atoms with Crippen molar-refractivity contribution in [3.05, 3.63) is 54.4 Å². The summed E-state index contributed by atoms with van der Waals surface area (Å²) in [5.41, 5.74) is 3.63. The zero-order valence-electron chi connectivity index (χ0n) is 13.2. The van der Waals surface area contributed by atoms with Crippen molar-refractivity contribution in [3.63, 3.8) is 0 Å². The van der Waals surface area contributed by atoms with Crippen molar-refractivity contribution in [2.24, 2.45) is 0 Å². The van der Waals surface area contributed by atoms with Gasteiger partial charge in [0, 0.05) is 17.9 Å². The van der Waals surface area contributed by atoms with Crippen LogP contribution < -0.4 is 10.6 Å². The van der Waals surface area contributed by atoms with Gasteiger partial charge in [0.15, 0.2) is 0 Å². The van der Waals surface area contributed by atoms with Crippen LogP contribution in [0.25, 0.3) is 11.0 Å². The van der Waals surface area contributed by atoms with Crippen LogP contribution in [0.1, 0.15) is 5.82 Å². The first-order valence-electron chi connectivity index (χ1n) is 7.95. The molecule has 24 heavy (non-hydrogen) atoms. The summed E-state index contributed by atoms with van der Waals surface area (Å²) in [4.78, 5) is 16.7. The number of hydrogen-bond donors (Lipinski definition) is 2. The number of amides is 1. The summed E-state index contributed by atoms with van der Waals surface area (Å²) in [7, 11) is 0.